The van der Waals surface area contributed by atoms with Gasteiger partial charge in [0.05, 0.1) is 19.3 Å². The quantitative estimate of drug-likeness (QED) is 0.598. The minimum atomic E-state index is -0.227. The lowest BCUT2D eigenvalue weighted by Gasteiger charge is -2.42. The number of hydrogen-bond donors (Lipinski definition) is 1. The van der Waals surface area contributed by atoms with Gasteiger partial charge < -0.3 is 10.1 Å². The van der Waals surface area contributed by atoms with Crippen LogP contribution in [0.15, 0.2) is 36.6 Å². The van der Waals surface area contributed by atoms with Gasteiger partial charge in [0.1, 0.15) is 5.82 Å². The molecule has 4 unspecified atom stereocenters. The van der Waals surface area contributed by atoms with Crippen molar-refractivity contribution in [3.8, 4) is 0 Å². The van der Waals surface area contributed by atoms with Gasteiger partial charge in [0.2, 0.25) is 5.91 Å². The Hall–Kier alpha value is -1.88. The molecule has 0 aromatic heterocycles. The SMILES string of the molecule is CO/C=C/CCCNC(=O)C1C(c2ccc(F)cc2)CC2CCC1N2C. The number of benzene rings is 1. The lowest BCUT2D eigenvalue weighted by Crippen LogP contribution is -2.51. The second-order valence-electron chi connectivity index (χ2n) is 7.42. The van der Waals surface area contributed by atoms with E-state index in [1.807, 2.05) is 18.2 Å². The summed E-state index contributed by atoms with van der Waals surface area (Å²) in [5, 5.41) is 3.13. The molecule has 0 aliphatic carbocycles. The molecule has 2 fully saturated rings. The number of nitrogens with zero attached hydrogens (tertiary/aromatic N) is 1. The third-order valence-corrected chi connectivity index (χ3v) is 5.95. The molecule has 142 valence electrons. The van der Waals surface area contributed by atoms with Crippen LogP contribution in [0, 0.1) is 11.7 Å². The number of unbranched alkanes of at least 4 members (excludes halogenated alkanes) is 1. The van der Waals surface area contributed by atoms with Crippen molar-refractivity contribution >= 4 is 5.91 Å². The molecular formula is C21H29FN2O2. The van der Waals surface area contributed by atoms with Gasteiger partial charge in [0.15, 0.2) is 0 Å². The highest BCUT2D eigenvalue weighted by Crippen LogP contribution is 2.46. The second kappa shape index (κ2) is 8.67. The highest BCUT2D eigenvalue weighted by Gasteiger charge is 2.48. The van der Waals surface area contributed by atoms with Crippen LogP contribution in [0.1, 0.15) is 43.6 Å². The number of allylic oxidation sites excluding steroid dienone is 1. The molecule has 3 rings (SSSR count). The van der Waals surface area contributed by atoms with E-state index in [2.05, 4.69) is 17.3 Å². The highest BCUT2D eigenvalue weighted by atomic mass is 19.1. The number of hydrogen-bond acceptors (Lipinski definition) is 3. The highest BCUT2D eigenvalue weighted by molar-refractivity contribution is 5.81. The molecule has 2 aliphatic heterocycles. The van der Waals surface area contributed by atoms with E-state index >= 15 is 0 Å². The van der Waals surface area contributed by atoms with Crippen LogP contribution < -0.4 is 5.32 Å². The summed E-state index contributed by atoms with van der Waals surface area (Å²) in [5.41, 5.74) is 1.08. The Balaban J connectivity index is 1.68. The van der Waals surface area contributed by atoms with Gasteiger partial charge in [-0.25, -0.2) is 4.39 Å². The lowest BCUT2D eigenvalue weighted by molar-refractivity contribution is -0.129. The first-order chi connectivity index (χ1) is 12.6. The van der Waals surface area contributed by atoms with Crippen molar-refractivity contribution in [2.45, 2.75) is 50.1 Å². The van der Waals surface area contributed by atoms with Gasteiger partial charge in [0.25, 0.3) is 0 Å². The molecule has 2 heterocycles. The standard InChI is InChI=1S/C21H29FN2O2/c1-24-17-10-11-19(24)20(21(25)23-12-4-3-5-13-26-2)18(14-17)15-6-8-16(22)9-7-15/h5-9,13,17-20H,3-4,10-12,14H2,1-2H3,(H,23,25)/b13-5+. The van der Waals surface area contributed by atoms with Crippen molar-refractivity contribution in [2.24, 2.45) is 5.92 Å². The molecule has 2 aliphatic rings. The normalized spacial score (nSPS) is 28.4. The second-order valence-corrected chi connectivity index (χ2v) is 7.42. The monoisotopic (exact) mass is 360 g/mol. The first-order valence-corrected chi connectivity index (χ1v) is 9.54. The van der Waals surface area contributed by atoms with E-state index < -0.39 is 0 Å². The number of ether oxygens (including phenoxy) is 1. The maximum Gasteiger partial charge on any atom is 0.225 e. The van der Waals surface area contributed by atoms with Gasteiger partial charge in [-0.15, -0.1) is 0 Å². The summed E-state index contributed by atoms with van der Waals surface area (Å²) in [6.45, 7) is 0.666. The maximum absolute atomic E-state index is 13.3. The fourth-order valence-electron chi connectivity index (χ4n) is 4.59. The van der Waals surface area contributed by atoms with E-state index in [-0.39, 0.29) is 29.6 Å². The zero-order valence-electron chi connectivity index (χ0n) is 15.7. The van der Waals surface area contributed by atoms with Crippen LogP contribution >= 0.6 is 0 Å². The predicted octanol–water partition coefficient (Wildman–Crippen LogP) is 3.45. The number of halogens is 1. The first kappa shape index (κ1) is 18.9. The van der Waals surface area contributed by atoms with Crippen LogP contribution in [0.4, 0.5) is 4.39 Å². The molecule has 26 heavy (non-hydrogen) atoms. The third kappa shape index (κ3) is 4.09. The Labute approximate surface area is 155 Å². The molecule has 1 aromatic carbocycles. The number of carbonyl (C=O) groups excluding carboxylic acids is 1. The fourth-order valence-corrected chi connectivity index (χ4v) is 4.59. The minimum Gasteiger partial charge on any atom is -0.505 e. The summed E-state index contributed by atoms with van der Waals surface area (Å²) in [5.74, 6) is -0.00146. The number of nitrogens with one attached hydrogen (secondary N) is 1. The Morgan fingerprint density at radius 2 is 2.12 bits per heavy atom. The smallest absolute Gasteiger partial charge is 0.225 e. The van der Waals surface area contributed by atoms with E-state index in [1.54, 1.807) is 13.4 Å². The van der Waals surface area contributed by atoms with E-state index in [0.717, 1.165) is 37.7 Å². The van der Waals surface area contributed by atoms with Gasteiger partial charge >= 0.3 is 0 Å². The number of piperidine rings is 1. The van der Waals surface area contributed by atoms with Crippen molar-refractivity contribution < 1.29 is 13.9 Å². The van der Waals surface area contributed by atoms with Crippen molar-refractivity contribution in [1.29, 1.82) is 0 Å². The summed E-state index contributed by atoms with van der Waals surface area (Å²) in [4.78, 5) is 15.4. The Bertz CT molecular complexity index is 631. The van der Waals surface area contributed by atoms with E-state index in [1.165, 1.54) is 12.1 Å². The number of carbonyl (C=O) groups is 1. The summed E-state index contributed by atoms with van der Waals surface area (Å²) in [6, 6.07) is 7.51. The van der Waals surface area contributed by atoms with Gasteiger partial charge in [-0.3, -0.25) is 9.69 Å². The Morgan fingerprint density at radius 3 is 2.85 bits per heavy atom. The molecule has 1 amide bonds. The topological polar surface area (TPSA) is 41.6 Å². The summed E-state index contributed by atoms with van der Waals surface area (Å²) in [7, 11) is 3.77. The molecule has 2 bridgehead atoms. The predicted molar refractivity (Wildman–Crippen MR) is 100 cm³/mol. The molecule has 4 nitrogen and oxygen atoms in total. The van der Waals surface area contributed by atoms with E-state index in [9.17, 15) is 9.18 Å². The molecule has 5 heteroatoms. The largest absolute Gasteiger partial charge is 0.505 e. The van der Waals surface area contributed by atoms with Crippen molar-refractivity contribution in [3.05, 3.63) is 48.0 Å². The lowest BCUT2D eigenvalue weighted by atomic mass is 9.75. The van der Waals surface area contributed by atoms with E-state index in [4.69, 9.17) is 4.74 Å². The van der Waals surface area contributed by atoms with Gasteiger partial charge in [-0.1, -0.05) is 12.1 Å². The number of amides is 1. The molecule has 4 atom stereocenters. The molecule has 0 saturated carbocycles. The molecule has 2 saturated heterocycles. The van der Waals surface area contributed by atoms with E-state index in [0.29, 0.717) is 12.6 Å². The zero-order valence-corrected chi connectivity index (χ0v) is 15.7. The van der Waals surface area contributed by atoms with Crippen LogP contribution in [0.25, 0.3) is 0 Å². The zero-order chi connectivity index (χ0) is 18.5. The van der Waals surface area contributed by atoms with Gasteiger partial charge in [-0.2, -0.15) is 0 Å². The average Bonchev–Trinajstić information content (AvgIpc) is 2.87. The molecule has 1 N–H and O–H groups in total. The summed E-state index contributed by atoms with van der Waals surface area (Å²) >= 11 is 0. The summed E-state index contributed by atoms with van der Waals surface area (Å²) in [6.07, 6.45) is 8.57. The third-order valence-electron chi connectivity index (χ3n) is 5.95. The van der Waals surface area contributed by atoms with Crippen molar-refractivity contribution in [1.82, 2.24) is 10.2 Å². The van der Waals surface area contributed by atoms with Gasteiger partial charge in [-0.05, 0) is 68.8 Å². The number of fused-ring (bicyclic) bond motifs is 2. The fraction of sp³-hybridized carbons (Fsp3) is 0.571. The number of rotatable bonds is 7. The first-order valence-electron chi connectivity index (χ1n) is 9.54. The molecule has 0 spiro atoms. The minimum absolute atomic E-state index is 0.0706. The summed E-state index contributed by atoms with van der Waals surface area (Å²) < 4.78 is 18.2. The average molecular weight is 360 g/mol. The molecule has 0 radical (unpaired) electrons. The van der Waals surface area contributed by atoms with Crippen LogP contribution in [0.3, 0.4) is 0 Å². The maximum atomic E-state index is 13.3. The van der Waals surface area contributed by atoms with Crippen molar-refractivity contribution in [2.75, 3.05) is 20.7 Å². The van der Waals surface area contributed by atoms with Crippen LogP contribution in [0.5, 0.6) is 0 Å². The molecular weight excluding hydrogens is 331 g/mol. The van der Waals surface area contributed by atoms with Crippen molar-refractivity contribution in [3.63, 3.8) is 0 Å². The molecule has 1 aromatic rings. The van der Waals surface area contributed by atoms with Gasteiger partial charge in [0, 0.05) is 18.6 Å². The van der Waals surface area contributed by atoms with Crippen LogP contribution in [-0.4, -0.2) is 43.6 Å². The van der Waals surface area contributed by atoms with Crippen LogP contribution in [-0.2, 0) is 9.53 Å². The number of methoxy groups -OCH3 is 1. The Kier molecular flexibility index (Phi) is 6.30. The Morgan fingerprint density at radius 1 is 1.35 bits per heavy atom. The van der Waals surface area contributed by atoms with Crippen LogP contribution in [0.2, 0.25) is 0 Å².